The van der Waals surface area contributed by atoms with E-state index in [0.29, 0.717) is 17.3 Å². The highest BCUT2D eigenvalue weighted by Gasteiger charge is 2.17. The standard InChI is InChI=1S/C19H17ClN2O4/c1-11-3-5-12(6-4-11)18-22-13(9-25-18)10-26-19(23)14-7-15(20)16(21)8-17(14)24-2/h3-9H,10,21H2,1-2H3. The average Bonchev–Trinajstić information content (AvgIpc) is 3.11. The van der Waals surface area contributed by atoms with Crippen LogP contribution in [0.25, 0.3) is 11.5 Å². The van der Waals surface area contributed by atoms with E-state index in [9.17, 15) is 4.79 Å². The van der Waals surface area contributed by atoms with E-state index in [2.05, 4.69) is 4.98 Å². The van der Waals surface area contributed by atoms with Gasteiger partial charge in [0, 0.05) is 11.6 Å². The minimum Gasteiger partial charge on any atom is -0.496 e. The van der Waals surface area contributed by atoms with Crippen LogP contribution in [-0.4, -0.2) is 18.1 Å². The van der Waals surface area contributed by atoms with Crippen LogP contribution < -0.4 is 10.5 Å². The van der Waals surface area contributed by atoms with Crippen molar-refractivity contribution in [1.29, 1.82) is 0 Å². The van der Waals surface area contributed by atoms with E-state index in [-0.39, 0.29) is 22.9 Å². The third-order valence-electron chi connectivity index (χ3n) is 3.74. The number of esters is 1. The molecule has 2 aromatic carbocycles. The topological polar surface area (TPSA) is 87.6 Å². The second-order valence-electron chi connectivity index (χ2n) is 5.66. The number of nitrogen functional groups attached to an aromatic ring is 1. The number of methoxy groups -OCH3 is 1. The molecule has 0 aliphatic rings. The van der Waals surface area contributed by atoms with E-state index in [1.807, 2.05) is 31.2 Å². The number of nitrogens with two attached hydrogens (primary N) is 1. The van der Waals surface area contributed by atoms with Gasteiger partial charge in [0.1, 0.15) is 29.9 Å². The number of halogens is 1. The van der Waals surface area contributed by atoms with E-state index < -0.39 is 5.97 Å². The molecule has 0 spiro atoms. The maximum absolute atomic E-state index is 12.3. The lowest BCUT2D eigenvalue weighted by Crippen LogP contribution is -2.08. The molecular formula is C19H17ClN2O4. The Labute approximate surface area is 155 Å². The predicted octanol–water partition coefficient (Wildman–Crippen LogP) is 4.25. The van der Waals surface area contributed by atoms with Crippen molar-refractivity contribution in [2.45, 2.75) is 13.5 Å². The Morgan fingerprint density at radius 2 is 2.00 bits per heavy atom. The van der Waals surface area contributed by atoms with Crippen molar-refractivity contribution in [2.75, 3.05) is 12.8 Å². The van der Waals surface area contributed by atoms with Crippen LogP contribution in [0, 0.1) is 6.92 Å². The number of rotatable bonds is 5. The highest BCUT2D eigenvalue weighted by molar-refractivity contribution is 6.33. The van der Waals surface area contributed by atoms with E-state index in [1.165, 1.54) is 25.5 Å². The summed E-state index contributed by atoms with van der Waals surface area (Å²) in [7, 11) is 1.44. The zero-order valence-electron chi connectivity index (χ0n) is 14.3. The van der Waals surface area contributed by atoms with Gasteiger partial charge in [-0.05, 0) is 25.1 Å². The fourth-order valence-electron chi connectivity index (χ4n) is 2.32. The van der Waals surface area contributed by atoms with Crippen molar-refractivity contribution in [3.8, 4) is 17.2 Å². The molecule has 7 heteroatoms. The lowest BCUT2D eigenvalue weighted by atomic mass is 10.1. The Morgan fingerprint density at radius 3 is 2.69 bits per heavy atom. The number of nitrogens with zero attached hydrogens (tertiary/aromatic N) is 1. The maximum Gasteiger partial charge on any atom is 0.342 e. The van der Waals surface area contributed by atoms with Gasteiger partial charge in [0.15, 0.2) is 0 Å². The number of carbonyl (C=O) groups is 1. The zero-order chi connectivity index (χ0) is 18.7. The SMILES string of the molecule is COc1cc(N)c(Cl)cc1C(=O)OCc1coc(-c2ccc(C)cc2)n1. The van der Waals surface area contributed by atoms with Gasteiger partial charge in [-0.15, -0.1) is 0 Å². The van der Waals surface area contributed by atoms with Gasteiger partial charge < -0.3 is 19.6 Å². The summed E-state index contributed by atoms with van der Waals surface area (Å²) in [6.07, 6.45) is 1.45. The molecule has 0 atom stereocenters. The Balaban J connectivity index is 1.71. The van der Waals surface area contributed by atoms with Crippen LogP contribution in [0.1, 0.15) is 21.6 Å². The van der Waals surface area contributed by atoms with Crippen molar-refractivity contribution >= 4 is 23.3 Å². The van der Waals surface area contributed by atoms with Gasteiger partial charge in [0.25, 0.3) is 0 Å². The molecule has 0 radical (unpaired) electrons. The number of aromatic nitrogens is 1. The van der Waals surface area contributed by atoms with Crippen LogP contribution in [0.15, 0.2) is 47.1 Å². The minimum absolute atomic E-state index is 0.0423. The monoisotopic (exact) mass is 372 g/mol. The third-order valence-corrected chi connectivity index (χ3v) is 4.07. The second kappa shape index (κ2) is 7.49. The number of anilines is 1. The van der Waals surface area contributed by atoms with E-state index in [0.717, 1.165) is 11.1 Å². The summed E-state index contributed by atoms with van der Waals surface area (Å²) in [6.45, 7) is 1.96. The summed E-state index contributed by atoms with van der Waals surface area (Å²) >= 11 is 5.97. The Kier molecular flexibility index (Phi) is 5.14. The lowest BCUT2D eigenvalue weighted by molar-refractivity contribution is 0.0464. The van der Waals surface area contributed by atoms with Crippen LogP contribution in [0.3, 0.4) is 0 Å². The normalized spacial score (nSPS) is 10.6. The molecule has 1 aromatic heterocycles. The maximum atomic E-state index is 12.3. The number of hydrogen-bond acceptors (Lipinski definition) is 6. The first kappa shape index (κ1) is 17.8. The first-order chi connectivity index (χ1) is 12.5. The number of oxazole rings is 1. The van der Waals surface area contributed by atoms with Crippen LogP contribution in [0.5, 0.6) is 5.75 Å². The zero-order valence-corrected chi connectivity index (χ0v) is 15.0. The second-order valence-corrected chi connectivity index (χ2v) is 6.07. The summed E-state index contributed by atoms with van der Waals surface area (Å²) < 4.78 is 15.9. The van der Waals surface area contributed by atoms with Crippen LogP contribution in [0.2, 0.25) is 5.02 Å². The molecule has 0 unspecified atom stereocenters. The smallest absolute Gasteiger partial charge is 0.342 e. The van der Waals surface area contributed by atoms with Crippen molar-refractivity contribution in [1.82, 2.24) is 4.98 Å². The molecule has 2 N–H and O–H groups in total. The van der Waals surface area contributed by atoms with Gasteiger partial charge in [-0.1, -0.05) is 29.3 Å². The summed E-state index contributed by atoms with van der Waals surface area (Å²) in [5.41, 5.74) is 8.71. The molecule has 6 nitrogen and oxygen atoms in total. The number of benzene rings is 2. The molecule has 134 valence electrons. The van der Waals surface area contributed by atoms with Gasteiger partial charge in [0.05, 0.1) is 17.8 Å². The Morgan fingerprint density at radius 1 is 1.27 bits per heavy atom. The predicted molar refractivity (Wildman–Crippen MR) is 98.2 cm³/mol. The highest BCUT2D eigenvalue weighted by Crippen LogP contribution is 2.29. The number of ether oxygens (including phenoxy) is 2. The third kappa shape index (κ3) is 3.81. The van der Waals surface area contributed by atoms with E-state index in [1.54, 1.807) is 0 Å². The molecule has 26 heavy (non-hydrogen) atoms. The highest BCUT2D eigenvalue weighted by atomic mass is 35.5. The molecule has 0 saturated carbocycles. The quantitative estimate of drug-likeness (QED) is 0.532. The fourth-order valence-corrected chi connectivity index (χ4v) is 2.48. The summed E-state index contributed by atoms with van der Waals surface area (Å²) in [6, 6.07) is 10.7. The molecule has 0 aliphatic carbocycles. The van der Waals surface area contributed by atoms with Crippen LogP contribution in [0.4, 0.5) is 5.69 Å². The lowest BCUT2D eigenvalue weighted by Gasteiger charge is -2.10. The average molecular weight is 373 g/mol. The summed E-state index contributed by atoms with van der Waals surface area (Å²) in [5.74, 6) is 0.158. The Hall–Kier alpha value is -2.99. The van der Waals surface area contributed by atoms with E-state index >= 15 is 0 Å². The van der Waals surface area contributed by atoms with Gasteiger partial charge >= 0.3 is 5.97 Å². The summed E-state index contributed by atoms with van der Waals surface area (Å²) in [4.78, 5) is 16.6. The molecule has 0 bridgehead atoms. The van der Waals surface area contributed by atoms with Crippen molar-refractivity contribution in [3.05, 3.63) is 64.5 Å². The van der Waals surface area contributed by atoms with Crippen LogP contribution in [-0.2, 0) is 11.3 Å². The number of hydrogen-bond donors (Lipinski definition) is 1. The van der Waals surface area contributed by atoms with Gasteiger partial charge in [-0.3, -0.25) is 0 Å². The molecule has 0 saturated heterocycles. The molecule has 0 fully saturated rings. The molecule has 0 amide bonds. The van der Waals surface area contributed by atoms with Crippen molar-refractivity contribution in [3.63, 3.8) is 0 Å². The summed E-state index contributed by atoms with van der Waals surface area (Å²) in [5, 5.41) is 0.251. The number of aryl methyl sites for hydroxylation is 1. The molecule has 1 heterocycles. The molecule has 3 aromatic rings. The molecular weight excluding hydrogens is 356 g/mol. The first-order valence-electron chi connectivity index (χ1n) is 7.79. The van der Waals surface area contributed by atoms with Gasteiger partial charge in [0.2, 0.25) is 5.89 Å². The minimum atomic E-state index is -0.594. The van der Waals surface area contributed by atoms with Crippen molar-refractivity contribution < 1.29 is 18.7 Å². The Bertz CT molecular complexity index is 935. The molecule has 0 aliphatic heterocycles. The van der Waals surface area contributed by atoms with Crippen LogP contribution >= 0.6 is 11.6 Å². The number of carbonyl (C=O) groups excluding carboxylic acids is 1. The van der Waals surface area contributed by atoms with Gasteiger partial charge in [-0.2, -0.15) is 0 Å². The van der Waals surface area contributed by atoms with E-state index in [4.69, 9.17) is 31.2 Å². The first-order valence-corrected chi connectivity index (χ1v) is 8.17. The van der Waals surface area contributed by atoms with Gasteiger partial charge in [-0.25, -0.2) is 9.78 Å². The largest absolute Gasteiger partial charge is 0.496 e. The van der Waals surface area contributed by atoms with Crippen molar-refractivity contribution in [2.24, 2.45) is 0 Å². The fraction of sp³-hybridized carbons (Fsp3) is 0.158. The molecule has 3 rings (SSSR count).